The topological polar surface area (TPSA) is 52.6 Å². The molecule has 3 aromatic carbocycles. The molecular weight excluding hydrogens is 431 g/mol. The van der Waals surface area contributed by atoms with Gasteiger partial charge in [0.2, 0.25) is 0 Å². The summed E-state index contributed by atoms with van der Waals surface area (Å²) in [5.41, 5.74) is 3.41. The van der Waals surface area contributed by atoms with Gasteiger partial charge in [0.25, 0.3) is 10.1 Å². The van der Waals surface area contributed by atoms with Crippen LogP contribution < -0.4 is 4.74 Å². The van der Waals surface area contributed by atoms with E-state index >= 15 is 0 Å². The molecule has 3 aromatic rings. The van der Waals surface area contributed by atoms with Gasteiger partial charge in [0, 0.05) is 17.5 Å². The average Bonchev–Trinajstić information content (AvgIpc) is 3.11. The van der Waals surface area contributed by atoms with Crippen molar-refractivity contribution in [2.75, 3.05) is 6.61 Å². The molecule has 1 unspecified atom stereocenters. The van der Waals surface area contributed by atoms with Crippen LogP contribution in [-0.2, 0) is 20.7 Å². The van der Waals surface area contributed by atoms with Gasteiger partial charge in [-0.1, -0.05) is 65.2 Å². The van der Waals surface area contributed by atoms with Gasteiger partial charge in [0.1, 0.15) is 18.5 Å². The molecule has 0 aliphatic carbocycles. The Morgan fingerprint density at radius 2 is 1.66 bits per heavy atom. The van der Waals surface area contributed by atoms with Crippen molar-refractivity contribution in [2.24, 2.45) is 0 Å². The second-order valence-electron chi connectivity index (χ2n) is 6.89. The van der Waals surface area contributed by atoms with Crippen molar-refractivity contribution in [1.82, 2.24) is 0 Å². The van der Waals surface area contributed by atoms with Crippen LogP contribution in [0.1, 0.15) is 11.1 Å². The highest BCUT2D eigenvalue weighted by Gasteiger charge is 2.29. The fourth-order valence-corrected chi connectivity index (χ4v) is 4.86. The third-order valence-corrected chi connectivity index (χ3v) is 6.71. The maximum absolute atomic E-state index is 12.4. The minimum atomic E-state index is -3.85. The van der Waals surface area contributed by atoms with Gasteiger partial charge >= 0.3 is 0 Å². The molecule has 0 fully saturated rings. The Morgan fingerprint density at radius 1 is 1.00 bits per heavy atom. The lowest BCUT2D eigenvalue weighted by Gasteiger charge is -2.14. The lowest BCUT2D eigenvalue weighted by molar-refractivity contribution is 0.152. The maximum atomic E-state index is 12.4. The summed E-state index contributed by atoms with van der Waals surface area (Å²) in [5, 5.41) is 1.05. The highest BCUT2D eigenvalue weighted by Crippen LogP contribution is 2.44. The molecule has 0 spiro atoms. The van der Waals surface area contributed by atoms with E-state index in [1.807, 2.05) is 25.1 Å². The Balaban J connectivity index is 1.54. The molecule has 0 bridgehead atoms. The van der Waals surface area contributed by atoms with E-state index in [1.54, 1.807) is 30.3 Å². The van der Waals surface area contributed by atoms with Crippen LogP contribution in [-0.4, -0.2) is 21.1 Å². The van der Waals surface area contributed by atoms with Crippen LogP contribution >= 0.6 is 23.2 Å². The molecule has 4 nitrogen and oxygen atoms in total. The summed E-state index contributed by atoms with van der Waals surface area (Å²) in [7, 11) is -3.85. The molecule has 29 heavy (non-hydrogen) atoms. The van der Waals surface area contributed by atoms with Gasteiger partial charge in [0.15, 0.2) is 0 Å². The van der Waals surface area contributed by atoms with Gasteiger partial charge in [-0.2, -0.15) is 8.42 Å². The van der Waals surface area contributed by atoms with Crippen LogP contribution in [0.5, 0.6) is 5.75 Å². The SMILES string of the molecule is Cc1ccc(S(=O)(=O)OCC2Cc3cccc(-c4c(Cl)cccc4Cl)c3O2)cc1. The Bertz CT molecular complexity index is 1140. The van der Waals surface area contributed by atoms with Crippen LogP contribution in [0.15, 0.2) is 65.6 Å². The van der Waals surface area contributed by atoms with E-state index in [4.69, 9.17) is 32.1 Å². The molecule has 1 atom stereocenters. The van der Waals surface area contributed by atoms with Crippen LogP contribution in [0.2, 0.25) is 10.0 Å². The van der Waals surface area contributed by atoms with Crippen molar-refractivity contribution >= 4 is 33.3 Å². The highest BCUT2D eigenvalue weighted by atomic mass is 35.5. The van der Waals surface area contributed by atoms with E-state index in [2.05, 4.69) is 0 Å². The van der Waals surface area contributed by atoms with E-state index in [0.29, 0.717) is 27.8 Å². The van der Waals surface area contributed by atoms with Crippen LogP contribution in [0.25, 0.3) is 11.1 Å². The third kappa shape index (κ3) is 4.14. The lowest BCUT2D eigenvalue weighted by Crippen LogP contribution is -2.23. The Labute approximate surface area is 180 Å². The van der Waals surface area contributed by atoms with Gasteiger partial charge in [-0.25, -0.2) is 0 Å². The zero-order valence-electron chi connectivity index (χ0n) is 15.6. The normalized spacial score (nSPS) is 15.8. The first-order valence-corrected chi connectivity index (χ1v) is 11.2. The van der Waals surface area contributed by atoms with Crippen molar-refractivity contribution in [1.29, 1.82) is 0 Å². The minimum absolute atomic E-state index is 0.0828. The largest absolute Gasteiger partial charge is 0.487 e. The molecule has 1 aliphatic rings. The second-order valence-corrected chi connectivity index (χ2v) is 9.32. The quantitative estimate of drug-likeness (QED) is 0.471. The van der Waals surface area contributed by atoms with Gasteiger partial charge in [-0.05, 0) is 36.8 Å². The highest BCUT2D eigenvalue weighted by molar-refractivity contribution is 7.86. The molecule has 4 rings (SSSR count). The molecule has 1 heterocycles. The van der Waals surface area contributed by atoms with E-state index in [1.165, 1.54) is 12.1 Å². The van der Waals surface area contributed by atoms with Crippen molar-refractivity contribution in [2.45, 2.75) is 24.3 Å². The summed E-state index contributed by atoms with van der Waals surface area (Å²) in [4.78, 5) is 0.127. The molecule has 0 radical (unpaired) electrons. The monoisotopic (exact) mass is 448 g/mol. The summed E-state index contributed by atoms with van der Waals surface area (Å²) in [6.07, 6.45) is 0.113. The molecule has 0 aromatic heterocycles. The second kappa shape index (κ2) is 8.00. The fourth-order valence-electron chi connectivity index (χ4n) is 3.32. The lowest BCUT2D eigenvalue weighted by atomic mass is 10.0. The predicted octanol–water partition coefficient (Wildman–Crippen LogP) is 5.68. The zero-order valence-corrected chi connectivity index (χ0v) is 17.9. The number of hydrogen-bond donors (Lipinski definition) is 0. The van der Waals surface area contributed by atoms with Crippen LogP contribution in [0.4, 0.5) is 0 Å². The molecule has 1 aliphatic heterocycles. The van der Waals surface area contributed by atoms with Gasteiger partial charge in [-0.3, -0.25) is 4.18 Å². The third-order valence-electron chi connectivity index (χ3n) is 4.78. The van der Waals surface area contributed by atoms with Crippen LogP contribution in [0, 0.1) is 6.92 Å². The fraction of sp³-hybridized carbons (Fsp3) is 0.182. The number of para-hydroxylation sites is 1. The number of ether oxygens (including phenoxy) is 1. The smallest absolute Gasteiger partial charge is 0.297 e. The Kier molecular flexibility index (Phi) is 5.58. The molecule has 150 valence electrons. The average molecular weight is 449 g/mol. The van der Waals surface area contributed by atoms with Crippen molar-refractivity contribution in [3.05, 3.63) is 81.8 Å². The molecular formula is C22H18Cl2O4S. The molecule has 0 saturated heterocycles. The first-order valence-electron chi connectivity index (χ1n) is 9.04. The first kappa shape index (κ1) is 20.2. The molecule has 0 saturated carbocycles. The summed E-state index contributed by atoms with van der Waals surface area (Å²) in [5.74, 6) is 0.656. The number of benzene rings is 3. The van der Waals surface area contributed by atoms with E-state index in [-0.39, 0.29) is 11.5 Å². The maximum Gasteiger partial charge on any atom is 0.297 e. The van der Waals surface area contributed by atoms with Gasteiger partial charge in [0.05, 0.1) is 14.9 Å². The Morgan fingerprint density at radius 3 is 2.34 bits per heavy atom. The van der Waals surface area contributed by atoms with Gasteiger partial charge < -0.3 is 4.74 Å². The Hall–Kier alpha value is -2.05. The van der Waals surface area contributed by atoms with Crippen molar-refractivity contribution in [3.63, 3.8) is 0 Å². The summed E-state index contributed by atoms with van der Waals surface area (Å²) < 4.78 is 36.2. The van der Waals surface area contributed by atoms with E-state index in [9.17, 15) is 8.42 Å². The van der Waals surface area contributed by atoms with Crippen molar-refractivity contribution < 1.29 is 17.3 Å². The van der Waals surface area contributed by atoms with Gasteiger partial charge in [-0.15, -0.1) is 0 Å². The van der Waals surface area contributed by atoms with Crippen LogP contribution in [0.3, 0.4) is 0 Å². The summed E-state index contributed by atoms with van der Waals surface area (Å²) in [6.45, 7) is 1.81. The van der Waals surface area contributed by atoms with E-state index < -0.39 is 16.2 Å². The predicted molar refractivity (Wildman–Crippen MR) is 114 cm³/mol. The molecule has 0 amide bonds. The van der Waals surface area contributed by atoms with E-state index in [0.717, 1.165) is 16.7 Å². The first-order chi connectivity index (χ1) is 13.8. The number of halogens is 2. The number of fused-ring (bicyclic) bond motifs is 1. The van der Waals surface area contributed by atoms with Crippen molar-refractivity contribution in [3.8, 4) is 16.9 Å². The number of aryl methyl sites for hydroxylation is 1. The molecule has 7 heteroatoms. The number of hydrogen-bond acceptors (Lipinski definition) is 4. The zero-order chi connectivity index (χ0) is 20.6. The summed E-state index contributed by atoms with van der Waals surface area (Å²) >= 11 is 12.7. The standard InChI is InChI=1S/C22H18Cl2O4S/c1-14-8-10-17(11-9-14)29(25,26)27-13-16-12-15-4-2-5-18(22(15)28-16)21-19(23)6-3-7-20(21)24/h2-11,16H,12-13H2,1H3. The number of rotatable bonds is 5. The summed E-state index contributed by atoms with van der Waals surface area (Å²) in [6, 6.07) is 17.6. The minimum Gasteiger partial charge on any atom is -0.487 e. The molecule has 0 N–H and O–H groups in total.